The van der Waals surface area contributed by atoms with Gasteiger partial charge in [0.15, 0.2) is 0 Å². The van der Waals surface area contributed by atoms with E-state index in [1.165, 1.54) is 18.1 Å². The van der Waals surface area contributed by atoms with E-state index in [4.69, 9.17) is 4.74 Å². The first-order chi connectivity index (χ1) is 10.1. The van der Waals surface area contributed by atoms with Crippen molar-refractivity contribution in [2.75, 3.05) is 37.7 Å². The highest BCUT2D eigenvalue weighted by Gasteiger charge is 2.32. The van der Waals surface area contributed by atoms with Crippen molar-refractivity contribution in [2.24, 2.45) is 0 Å². The van der Waals surface area contributed by atoms with Crippen molar-refractivity contribution < 1.29 is 13.5 Å². The van der Waals surface area contributed by atoms with Gasteiger partial charge in [0.2, 0.25) is 0 Å². The molecule has 0 saturated heterocycles. The lowest BCUT2D eigenvalue weighted by Gasteiger charge is -2.34. The van der Waals surface area contributed by atoms with E-state index in [1.807, 2.05) is 6.07 Å². The Bertz CT molecular complexity index is 525. The molecule has 1 aromatic carbocycles. The average molecular weight is 333 g/mol. The van der Waals surface area contributed by atoms with Gasteiger partial charge in [-0.05, 0) is 49.2 Å². The van der Waals surface area contributed by atoms with Gasteiger partial charge >= 0.3 is 0 Å². The second-order valence-corrected chi connectivity index (χ2v) is 5.82. The van der Waals surface area contributed by atoms with Gasteiger partial charge in [-0.15, -0.1) is 12.4 Å². The van der Waals surface area contributed by atoms with Crippen molar-refractivity contribution >= 4 is 18.1 Å². The zero-order valence-electron chi connectivity index (χ0n) is 12.8. The number of hydrogen-bond donors (Lipinski definition) is 1. The summed E-state index contributed by atoms with van der Waals surface area (Å²) in [5.74, 6) is -1.89. The van der Waals surface area contributed by atoms with Crippen LogP contribution in [-0.2, 0) is 12.8 Å². The molecule has 2 heterocycles. The second kappa shape index (κ2) is 7.01. The van der Waals surface area contributed by atoms with E-state index in [2.05, 4.69) is 11.4 Å². The van der Waals surface area contributed by atoms with Gasteiger partial charge in [0, 0.05) is 6.42 Å². The summed E-state index contributed by atoms with van der Waals surface area (Å²) in [6.07, 6.45) is 1.78. The van der Waals surface area contributed by atoms with Crippen LogP contribution in [0.15, 0.2) is 12.1 Å². The fourth-order valence-electron chi connectivity index (χ4n) is 2.99. The first-order valence-corrected chi connectivity index (χ1v) is 7.71. The monoisotopic (exact) mass is 332 g/mol. The quantitative estimate of drug-likeness (QED) is 0.920. The predicted octanol–water partition coefficient (Wildman–Crippen LogP) is 3.04. The molecule has 2 aliphatic heterocycles. The maximum absolute atomic E-state index is 13.7. The molecule has 0 saturated carbocycles. The van der Waals surface area contributed by atoms with Gasteiger partial charge in [-0.1, -0.05) is 6.92 Å². The summed E-state index contributed by atoms with van der Waals surface area (Å²) in [4.78, 5) is 1.78. The molecule has 3 rings (SSSR count). The van der Waals surface area contributed by atoms with Crippen molar-refractivity contribution in [3.8, 4) is 5.75 Å². The van der Waals surface area contributed by atoms with Gasteiger partial charge in [-0.25, -0.2) is 8.78 Å². The van der Waals surface area contributed by atoms with Crippen LogP contribution in [0.25, 0.3) is 0 Å². The van der Waals surface area contributed by atoms with Crippen molar-refractivity contribution in [1.29, 1.82) is 0 Å². The van der Waals surface area contributed by atoms with Crippen LogP contribution in [0.3, 0.4) is 0 Å². The van der Waals surface area contributed by atoms with E-state index in [-0.39, 0.29) is 25.4 Å². The summed E-state index contributed by atoms with van der Waals surface area (Å²) < 4.78 is 33.2. The molecule has 3 nitrogen and oxygen atoms in total. The van der Waals surface area contributed by atoms with E-state index in [9.17, 15) is 8.78 Å². The van der Waals surface area contributed by atoms with E-state index in [0.717, 1.165) is 37.4 Å². The fraction of sp³-hybridized carbons (Fsp3) is 0.625. The molecule has 1 aromatic rings. The highest BCUT2D eigenvalue weighted by Crippen LogP contribution is 2.37. The number of hydrogen-bond acceptors (Lipinski definition) is 3. The molecule has 0 bridgehead atoms. The normalized spacial score (nSPS) is 17.7. The SMILES string of the molecule is CCC(F)(F)CN1CCOc2cc3c(cc21)CCNCC3.Cl. The molecular weight excluding hydrogens is 310 g/mol. The zero-order valence-corrected chi connectivity index (χ0v) is 13.6. The summed E-state index contributed by atoms with van der Waals surface area (Å²) in [6.45, 7) is 4.21. The van der Waals surface area contributed by atoms with Crippen LogP contribution >= 0.6 is 12.4 Å². The van der Waals surface area contributed by atoms with Gasteiger partial charge in [-0.2, -0.15) is 0 Å². The van der Waals surface area contributed by atoms with E-state index < -0.39 is 5.92 Å². The molecule has 0 fully saturated rings. The Labute approximate surface area is 136 Å². The lowest BCUT2D eigenvalue weighted by Crippen LogP contribution is -2.41. The molecular formula is C16H23ClF2N2O. The number of nitrogens with one attached hydrogen (secondary N) is 1. The Balaban J connectivity index is 0.00000176. The molecule has 0 aromatic heterocycles. The minimum Gasteiger partial charge on any atom is -0.490 e. The number of halogens is 3. The maximum atomic E-state index is 13.7. The van der Waals surface area contributed by atoms with Crippen LogP contribution in [0.4, 0.5) is 14.5 Å². The Morgan fingerprint density at radius 1 is 1.23 bits per heavy atom. The minimum atomic E-state index is -2.65. The molecule has 124 valence electrons. The van der Waals surface area contributed by atoms with Crippen LogP contribution < -0.4 is 15.0 Å². The number of rotatable bonds is 3. The van der Waals surface area contributed by atoms with E-state index in [0.29, 0.717) is 13.2 Å². The summed E-state index contributed by atoms with van der Waals surface area (Å²) in [5.41, 5.74) is 3.37. The van der Waals surface area contributed by atoms with Gasteiger partial charge in [0.05, 0.1) is 18.8 Å². The molecule has 0 unspecified atom stereocenters. The number of ether oxygens (including phenoxy) is 1. The lowest BCUT2D eigenvalue weighted by atomic mass is 10.00. The van der Waals surface area contributed by atoms with Crippen LogP contribution in [-0.4, -0.2) is 38.7 Å². The highest BCUT2D eigenvalue weighted by atomic mass is 35.5. The molecule has 0 atom stereocenters. The predicted molar refractivity (Wildman–Crippen MR) is 86.9 cm³/mol. The summed E-state index contributed by atoms with van der Waals surface area (Å²) >= 11 is 0. The third kappa shape index (κ3) is 3.63. The van der Waals surface area contributed by atoms with Crippen molar-refractivity contribution in [3.05, 3.63) is 23.3 Å². The lowest BCUT2D eigenvalue weighted by molar-refractivity contribution is 0.00415. The third-order valence-corrected chi connectivity index (χ3v) is 4.32. The Kier molecular flexibility index (Phi) is 5.50. The summed E-state index contributed by atoms with van der Waals surface area (Å²) in [7, 11) is 0. The molecule has 6 heteroatoms. The molecule has 0 spiro atoms. The van der Waals surface area contributed by atoms with Gasteiger partial charge in [-0.3, -0.25) is 0 Å². The molecule has 0 amide bonds. The molecule has 1 N–H and O–H groups in total. The Morgan fingerprint density at radius 2 is 1.91 bits per heavy atom. The highest BCUT2D eigenvalue weighted by molar-refractivity contribution is 5.85. The molecule has 22 heavy (non-hydrogen) atoms. The Hall–Kier alpha value is -1.07. The number of anilines is 1. The topological polar surface area (TPSA) is 24.5 Å². The first-order valence-electron chi connectivity index (χ1n) is 7.71. The van der Waals surface area contributed by atoms with Crippen LogP contribution in [0.2, 0.25) is 0 Å². The Morgan fingerprint density at radius 3 is 2.59 bits per heavy atom. The number of fused-ring (bicyclic) bond motifs is 2. The summed E-state index contributed by atoms with van der Waals surface area (Å²) in [6, 6.07) is 4.11. The van der Waals surface area contributed by atoms with E-state index in [1.54, 1.807) is 4.90 Å². The number of benzene rings is 1. The molecule has 0 radical (unpaired) electrons. The van der Waals surface area contributed by atoms with Gasteiger partial charge < -0.3 is 15.0 Å². The standard InChI is InChI=1S/C16H22F2N2O.ClH/c1-2-16(17,18)11-20-7-8-21-15-10-13-4-6-19-5-3-12(13)9-14(15)20;/h9-10,19H,2-8,11H2,1H3;1H. The molecule has 0 aliphatic carbocycles. The number of nitrogens with zero attached hydrogens (tertiary/aromatic N) is 1. The van der Waals surface area contributed by atoms with Crippen LogP contribution in [0.1, 0.15) is 24.5 Å². The zero-order chi connectivity index (χ0) is 14.9. The van der Waals surface area contributed by atoms with Crippen LogP contribution in [0.5, 0.6) is 5.75 Å². The average Bonchev–Trinajstić information content (AvgIpc) is 2.70. The van der Waals surface area contributed by atoms with Crippen molar-refractivity contribution in [2.45, 2.75) is 32.1 Å². The first kappa shape index (κ1) is 17.3. The third-order valence-electron chi connectivity index (χ3n) is 4.32. The van der Waals surface area contributed by atoms with Gasteiger partial charge in [0.1, 0.15) is 12.4 Å². The van der Waals surface area contributed by atoms with E-state index >= 15 is 0 Å². The second-order valence-electron chi connectivity index (χ2n) is 5.82. The summed E-state index contributed by atoms with van der Waals surface area (Å²) in [5, 5.41) is 3.37. The largest absolute Gasteiger partial charge is 0.490 e. The maximum Gasteiger partial charge on any atom is 0.264 e. The smallest absolute Gasteiger partial charge is 0.264 e. The van der Waals surface area contributed by atoms with Crippen molar-refractivity contribution in [1.82, 2.24) is 5.32 Å². The fourth-order valence-corrected chi connectivity index (χ4v) is 2.99. The number of alkyl halides is 2. The van der Waals surface area contributed by atoms with Crippen LogP contribution in [0, 0.1) is 0 Å². The molecule has 2 aliphatic rings. The minimum absolute atomic E-state index is 0. The van der Waals surface area contributed by atoms with Crippen molar-refractivity contribution in [3.63, 3.8) is 0 Å². The van der Waals surface area contributed by atoms with Gasteiger partial charge in [0.25, 0.3) is 5.92 Å².